The fourth-order valence-electron chi connectivity index (χ4n) is 0.584. The highest BCUT2D eigenvalue weighted by atomic mass is 35.5. The average molecular weight is 210 g/mol. The molecule has 0 unspecified atom stereocenters. The summed E-state index contributed by atoms with van der Waals surface area (Å²) in [6, 6.07) is 0. The maximum atomic E-state index is 10.7. The molecule has 0 atom stereocenters. The minimum Gasteiger partial charge on any atom is -0.468 e. The first-order valence-corrected chi connectivity index (χ1v) is 3.71. The SMILES string of the molecule is COC(=O)Cn1nc(Cl)nc1Cl. The Morgan fingerprint density at radius 2 is 2.33 bits per heavy atom. The molecule has 12 heavy (non-hydrogen) atoms. The van der Waals surface area contributed by atoms with Crippen molar-refractivity contribution in [2.45, 2.75) is 6.54 Å². The van der Waals surface area contributed by atoms with E-state index in [0.29, 0.717) is 0 Å². The van der Waals surface area contributed by atoms with E-state index in [1.54, 1.807) is 0 Å². The van der Waals surface area contributed by atoms with Crippen LogP contribution in [0.25, 0.3) is 0 Å². The molecule has 0 N–H and O–H groups in total. The molecule has 0 fully saturated rings. The third-order valence-electron chi connectivity index (χ3n) is 1.11. The number of aromatic nitrogens is 3. The molecule has 0 aliphatic heterocycles. The molecule has 1 heterocycles. The van der Waals surface area contributed by atoms with E-state index in [4.69, 9.17) is 23.2 Å². The number of methoxy groups -OCH3 is 1. The summed E-state index contributed by atoms with van der Waals surface area (Å²) in [6.07, 6.45) is 0. The minimum absolute atomic E-state index is 0.00361. The summed E-state index contributed by atoms with van der Waals surface area (Å²) < 4.78 is 5.54. The lowest BCUT2D eigenvalue weighted by molar-refractivity contribution is -0.141. The van der Waals surface area contributed by atoms with Gasteiger partial charge in [-0.05, 0) is 23.2 Å². The number of carbonyl (C=O) groups excluding carboxylic acids is 1. The summed E-state index contributed by atoms with van der Waals surface area (Å²) in [5.41, 5.74) is 0. The van der Waals surface area contributed by atoms with Crippen LogP contribution in [0.15, 0.2) is 0 Å². The fraction of sp³-hybridized carbons (Fsp3) is 0.400. The van der Waals surface area contributed by atoms with Gasteiger partial charge in [-0.2, -0.15) is 4.98 Å². The molecule has 0 saturated carbocycles. The van der Waals surface area contributed by atoms with Crippen LogP contribution in [0, 0.1) is 0 Å². The van der Waals surface area contributed by atoms with Gasteiger partial charge in [0.15, 0.2) is 0 Å². The second kappa shape index (κ2) is 3.73. The van der Waals surface area contributed by atoms with Gasteiger partial charge in [0.2, 0.25) is 10.6 Å². The number of carbonyl (C=O) groups is 1. The smallest absolute Gasteiger partial charge is 0.327 e. The van der Waals surface area contributed by atoms with Crippen molar-refractivity contribution in [2.75, 3.05) is 7.11 Å². The van der Waals surface area contributed by atoms with Gasteiger partial charge in [-0.15, -0.1) is 5.10 Å². The molecule has 0 aliphatic rings. The van der Waals surface area contributed by atoms with E-state index in [1.807, 2.05) is 0 Å². The van der Waals surface area contributed by atoms with Gasteiger partial charge in [0.25, 0.3) is 0 Å². The van der Waals surface area contributed by atoms with Crippen LogP contribution in [-0.4, -0.2) is 27.8 Å². The molecule has 0 bridgehead atoms. The van der Waals surface area contributed by atoms with Crippen molar-refractivity contribution in [1.82, 2.24) is 14.8 Å². The van der Waals surface area contributed by atoms with Gasteiger partial charge in [0.1, 0.15) is 6.54 Å². The van der Waals surface area contributed by atoms with Crippen molar-refractivity contribution in [3.05, 3.63) is 10.6 Å². The normalized spacial score (nSPS) is 9.92. The average Bonchev–Trinajstić information content (AvgIpc) is 2.30. The van der Waals surface area contributed by atoms with Crippen molar-refractivity contribution in [2.24, 2.45) is 0 Å². The molecule has 66 valence electrons. The van der Waals surface area contributed by atoms with Gasteiger partial charge in [0.05, 0.1) is 7.11 Å². The van der Waals surface area contributed by atoms with Crippen molar-refractivity contribution >= 4 is 29.2 Å². The van der Waals surface area contributed by atoms with Gasteiger partial charge in [-0.25, -0.2) is 4.68 Å². The molecule has 0 aromatic carbocycles. The number of nitrogens with zero attached hydrogens (tertiary/aromatic N) is 3. The summed E-state index contributed by atoms with van der Waals surface area (Å²) >= 11 is 11.0. The largest absolute Gasteiger partial charge is 0.468 e. The lowest BCUT2D eigenvalue weighted by Crippen LogP contribution is -2.12. The first kappa shape index (κ1) is 9.28. The first-order valence-electron chi connectivity index (χ1n) is 2.96. The first-order chi connectivity index (χ1) is 5.63. The zero-order valence-electron chi connectivity index (χ0n) is 6.12. The Bertz CT molecular complexity index is 299. The Kier molecular flexibility index (Phi) is 2.88. The van der Waals surface area contributed by atoms with Gasteiger partial charge in [-0.3, -0.25) is 4.79 Å². The van der Waals surface area contributed by atoms with Crippen molar-refractivity contribution < 1.29 is 9.53 Å². The quantitative estimate of drug-likeness (QED) is 0.676. The van der Waals surface area contributed by atoms with Gasteiger partial charge in [0, 0.05) is 0 Å². The summed E-state index contributed by atoms with van der Waals surface area (Å²) in [5, 5.41) is 3.70. The molecule has 0 radical (unpaired) electrons. The molecule has 0 aliphatic carbocycles. The Morgan fingerprint density at radius 3 is 2.75 bits per heavy atom. The second-order valence-corrected chi connectivity index (χ2v) is 2.56. The van der Waals surface area contributed by atoms with Crippen LogP contribution in [-0.2, 0) is 16.1 Å². The number of esters is 1. The molecular formula is C5H5Cl2N3O2. The standard InChI is InChI=1S/C5H5Cl2N3O2/c1-12-3(11)2-10-5(7)8-4(6)9-10/h2H2,1H3. The van der Waals surface area contributed by atoms with E-state index in [2.05, 4.69) is 14.8 Å². The summed E-state index contributed by atoms with van der Waals surface area (Å²) in [4.78, 5) is 14.3. The summed E-state index contributed by atoms with van der Waals surface area (Å²) in [5.74, 6) is -0.460. The molecule has 7 heteroatoms. The van der Waals surface area contributed by atoms with Crippen LogP contribution in [0.2, 0.25) is 10.6 Å². The van der Waals surface area contributed by atoms with Gasteiger partial charge < -0.3 is 4.74 Å². The van der Waals surface area contributed by atoms with E-state index in [-0.39, 0.29) is 17.1 Å². The van der Waals surface area contributed by atoms with E-state index in [9.17, 15) is 4.79 Å². The van der Waals surface area contributed by atoms with Crippen LogP contribution in [0.1, 0.15) is 0 Å². The predicted molar refractivity (Wildman–Crippen MR) is 42.1 cm³/mol. The fourth-order valence-corrected chi connectivity index (χ4v) is 0.977. The van der Waals surface area contributed by atoms with Crippen molar-refractivity contribution in [1.29, 1.82) is 0 Å². The zero-order valence-corrected chi connectivity index (χ0v) is 7.63. The Morgan fingerprint density at radius 1 is 1.67 bits per heavy atom. The second-order valence-electron chi connectivity index (χ2n) is 1.88. The molecule has 5 nitrogen and oxygen atoms in total. The lowest BCUT2D eigenvalue weighted by Gasteiger charge is -1.98. The highest BCUT2D eigenvalue weighted by Crippen LogP contribution is 2.08. The summed E-state index contributed by atoms with van der Waals surface area (Å²) in [7, 11) is 1.27. The highest BCUT2D eigenvalue weighted by molar-refractivity contribution is 6.31. The topological polar surface area (TPSA) is 57.0 Å². The number of halogens is 2. The molecule has 0 amide bonds. The molecule has 1 aromatic rings. The van der Waals surface area contributed by atoms with Crippen molar-refractivity contribution in [3.8, 4) is 0 Å². The number of hydrogen-bond donors (Lipinski definition) is 0. The van der Waals surface area contributed by atoms with Gasteiger partial charge >= 0.3 is 5.97 Å². The third-order valence-corrected chi connectivity index (χ3v) is 1.55. The Balaban J connectivity index is 2.75. The third kappa shape index (κ3) is 2.09. The number of rotatable bonds is 2. The number of ether oxygens (including phenoxy) is 1. The zero-order chi connectivity index (χ0) is 9.14. The van der Waals surface area contributed by atoms with Crippen molar-refractivity contribution in [3.63, 3.8) is 0 Å². The monoisotopic (exact) mass is 209 g/mol. The van der Waals surface area contributed by atoms with E-state index < -0.39 is 5.97 Å². The van der Waals surface area contributed by atoms with E-state index in [0.717, 1.165) is 4.68 Å². The van der Waals surface area contributed by atoms with Crippen LogP contribution < -0.4 is 0 Å². The van der Waals surface area contributed by atoms with Gasteiger partial charge in [-0.1, -0.05) is 0 Å². The van der Waals surface area contributed by atoms with E-state index >= 15 is 0 Å². The van der Waals surface area contributed by atoms with Crippen LogP contribution >= 0.6 is 23.2 Å². The van der Waals surface area contributed by atoms with E-state index in [1.165, 1.54) is 7.11 Å². The highest BCUT2D eigenvalue weighted by Gasteiger charge is 2.09. The summed E-state index contributed by atoms with van der Waals surface area (Å²) in [6.45, 7) is -0.0882. The maximum absolute atomic E-state index is 10.7. The molecule has 0 saturated heterocycles. The molecule has 1 rings (SSSR count). The molecule has 1 aromatic heterocycles. The van der Waals surface area contributed by atoms with Crippen LogP contribution in [0.3, 0.4) is 0 Å². The lowest BCUT2D eigenvalue weighted by atomic mass is 10.7. The minimum atomic E-state index is -0.460. The molecule has 0 spiro atoms. The predicted octanol–water partition coefficient (Wildman–Crippen LogP) is 0.758. The van der Waals surface area contributed by atoms with Crippen LogP contribution in [0.5, 0.6) is 0 Å². The Labute approximate surface area is 78.2 Å². The maximum Gasteiger partial charge on any atom is 0.327 e. The number of hydrogen-bond acceptors (Lipinski definition) is 4. The molecular weight excluding hydrogens is 205 g/mol. The van der Waals surface area contributed by atoms with Crippen LogP contribution in [0.4, 0.5) is 0 Å². The Hall–Kier alpha value is -0.810.